The topological polar surface area (TPSA) is 67.2 Å². The van der Waals surface area contributed by atoms with E-state index in [1.807, 2.05) is 62.4 Å². The summed E-state index contributed by atoms with van der Waals surface area (Å²) in [7, 11) is 0. The van der Waals surface area contributed by atoms with E-state index >= 15 is 0 Å². The average molecular weight is 380 g/mol. The van der Waals surface area contributed by atoms with Crippen LogP contribution in [0, 0.1) is 13.8 Å². The van der Waals surface area contributed by atoms with Crippen molar-refractivity contribution >= 4 is 23.0 Å². The number of aryl methyl sites for hydroxylation is 2. The van der Waals surface area contributed by atoms with Crippen molar-refractivity contribution in [3.05, 3.63) is 95.3 Å². The maximum atomic E-state index is 12.9. The van der Waals surface area contributed by atoms with Gasteiger partial charge in [0.25, 0.3) is 5.91 Å². The lowest BCUT2D eigenvalue weighted by atomic mass is 10.0. The zero-order valence-corrected chi connectivity index (χ0v) is 16.3. The molecule has 0 aliphatic rings. The highest BCUT2D eigenvalue weighted by molar-refractivity contribution is 6.07. The number of aromatic nitrogens is 2. The predicted molar refractivity (Wildman–Crippen MR) is 116 cm³/mol. The van der Waals surface area contributed by atoms with E-state index in [1.165, 1.54) is 5.56 Å². The van der Waals surface area contributed by atoms with Gasteiger partial charge in [-0.25, -0.2) is 10.4 Å². The number of carbonyl (C=O) groups is 1. The van der Waals surface area contributed by atoms with E-state index in [4.69, 9.17) is 0 Å². The van der Waals surface area contributed by atoms with Gasteiger partial charge in [-0.3, -0.25) is 9.78 Å². The minimum absolute atomic E-state index is 0.283. The summed E-state index contributed by atoms with van der Waals surface area (Å²) in [6.07, 6.45) is 5.11. The highest BCUT2D eigenvalue weighted by atomic mass is 16.2. The molecule has 0 aliphatic carbocycles. The second kappa shape index (κ2) is 8.02. The number of benzene rings is 2. The van der Waals surface area contributed by atoms with Crippen molar-refractivity contribution in [1.29, 1.82) is 0 Å². The third-order valence-corrected chi connectivity index (χ3v) is 4.71. The Morgan fingerprint density at radius 2 is 1.90 bits per heavy atom. The molecule has 1 N–H and O–H groups in total. The van der Waals surface area contributed by atoms with Crippen LogP contribution in [0.4, 0.5) is 0 Å². The van der Waals surface area contributed by atoms with Gasteiger partial charge >= 0.3 is 0 Å². The lowest BCUT2D eigenvalue weighted by molar-refractivity contribution is 0.0956. The molecule has 2 aromatic heterocycles. The van der Waals surface area contributed by atoms with Crippen LogP contribution in [-0.4, -0.2) is 22.1 Å². The third kappa shape index (κ3) is 4.04. The summed E-state index contributed by atoms with van der Waals surface area (Å²) >= 11 is 0. The predicted octanol–water partition coefficient (Wildman–Crippen LogP) is 4.68. The Morgan fingerprint density at radius 1 is 1.03 bits per heavy atom. The zero-order chi connectivity index (χ0) is 20.2. The smallest absolute Gasteiger partial charge is 0.267 e. The van der Waals surface area contributed by atoms with E-state index in [-0.39, 0.29) is 5.91 Å². The summed E-state index contributed by atoms with van der Waals surface area (Å²) in [5.74, 6) is -0.283. The van der Waals surface area contributed by atoms with Gasteiger partial charge in [0.2, 0.25) is 0 Å². The summed E-state index contributed by atoms with van der Waals surface area (Å²) in [6.45, 7) is 4.07. The van der Waals surface area contributed by atoms with Crippen LogP contribution in [0.25, 0.3) is 22.2 Å². The van der Waals surface area contributed by atoms with E-state index in [1.54, 1.807) is 24.7 Å². The van der Waals surface area contributed by atoms with Crippen LogP contribution >= 0.6 is 0 Å². The summed E-state index contributed by atoms with van der Waals surface area (Å²) < 4.78 is 0. The highest BCUT2D eigenvalue weighted by Crippen LogP contribution is 2.24. The number of para-hydroxylation sites is 1. The molecule has 142 valence electrons. The van der Waals surface area contributed by atoms with Gasteiger partial charge in [0.05, 0.1) is 23.0 Å². The summed E-state index contributed by atoms with van der Waals surface area (Å²) in [5.41, 5.74) is 8.72. The molecule has 0 saturated carbocycles. The number of hydrazone groups is 1. The molecule has 2 heterocycles. The minimum Gasteiger partial charge on any atom is -0.267 e. The van der Waals surface area contributed by atoms with Gasteiger partial charge in [-0.1, -0.05) is 42.0 Å². The lowest BCUT2D eigenvalue weighted by Crippen LogP contribution is -2.18. The van der Waals surface area contributed by atoms with E-state index in [9.17, 15) is 4.79 Å². The molecule has 0 bridgehead atoms. The largest absolute Gasteiger partial charge is 0.272 e. The molecule has 0 radical (unpaired) electrons. The number of rotatable bonds is 4. The van der Waals surface area contributed by atoms with Crippen molar-refractivity contribution in [2.45, 2.75) is 13.8 Å². The van der Waals surface area contributed by atoms with Crippen LogP contribution in [0.5, 0.6) is 0 Å². The fraction of sp³-hybridized carbons (Fsp3) is 0.0833. The summed E-state index contributed by atoms with van der Waals surface area (Å²) in [5, 5.41) is 4.94. The third-order valence-electron chi connectivity index (χ3n) is 4.71. The maximum Gasteiger partial charge on any atom is 0.272 e. The van der Waals surface area contributed by atoms with E-state index < -0.39 is 0 Å². The molecule has 4 rings (SSSR count). The maximum absolute atomic E-state index is 12.9. The molecular weight excluding hydrogens is 360 g/mol. The number of nitrogens with zero attached hydrogens (tertiary/aromatic N) is 3. The van der Waals surface area contributed by atoms with Crippen molar-refractivity contribution in [2.75, 3.05) is 0 Å². The van der Waals surface area contributed by atoms with Gasteiger partial charge in [-0.15, -0.1) is 0 Å². The van der Waals surface area contributed by atoms with Gasteiger partial charge in [-0.2, -0.15) is 5.10 Å². The van der Waals surface area contributed by atoms with Gasteiger partial charge < -0.3 is 0 Å². The summed E-state index contributed by atoms with van der Waals surface area (Å²) in [4.78, 5) is 21.7. The second-order valence-corrected chi connectivity index (χ2v) is 6.87. The number of hydrogen-bond acceptors (Lipinski definition) is 4. The molecule has 0 atom stereocenters. The normalized spacial score (nSPS) is 11.1. The average Bonchev–Trinajstić information content (AvgIpc) is 2.75. The van der Waals surface area contributed by atoms with E-state index in [2.05, 4.69) is 26.6 Å². The number of amides is 1. The van der Waals surface area contributed by atoms with Crippen LogP contribution in [0.1, 0.15) is 27.0 Å². The Balaban J connectivity index is 1.67. The van der Waals surface area contributed by atoms with Crippen molar-refractivity contribution < 1.29 is 4.79 Å². The fourth-order valence-corrected chi connectivity index (χ4v) is 3.22. The first-order valence-electron chi connectivity index (χ1n) is 9.32. The Labute approximate surface area is 169 Å². The van der Waals surface area contributed by atoms with Gasteiger partial charge in [0.15, 0.2) is 0 Å². The molecule has 0 saturated heterocycles. The number of carbonyl (C=O) groups excluding carboxylic acids is 1. The lowest BCUT2D eigenvalue weighted by Gasteiger charge is -2.09. The van der Waals surface area contributed by atoms with Crippen molar-refractivity contribution in [1.82, 2.24) is 15.4 Å². The molecular formula is C24H20N4O. The van der Waals surface area contributed by atoms with E-state index in [0.717, 1.165) is 27.6 Å². The SMILES string of the molecule is Cc1ccc(C=NNC(=O)c2cc(-c3cccnc3)nc3ccccc23)c(C)c1. The first-order chi connectivity index (χ1) is 14.1. The van der Waals surface area contributed by atoms with Crippen LogP contribution in [0.2, 0.25) is 0 Å². The molecule has 5 nitrogen and oxygen atoms in total. The molecule has 1 amide bonds. The van der Waals surface area contributed by atoms with Crippen LogP contribution < -0.4 is 5.43 Å². The molecule has 0 aliphatic heterocycles. The highest BCUT2D eigenvalue weighted by Gasteiger charge is 2.13. The molecule has 29 heavy (non-hydrogen) atoms. The quantitative estimate of drug-likeness (QED) is 0.413. The first kappa shape index (κ1) is 18.5. The zero-order valence-electron chi connectivity index (χ0n) is 16.3. The number of pyridine rings is 2. The fourth-order valence-electron chi connectivity index (χ4n) is 3.22. The number of nitrogens with one attached hydrogen (secondary N) is 1. The molecule has 4 aromatic rings. The number of fused-ring (bicyclic) bond motifs is 1. The first-order valence-corrected chi connectivity index (χ1v) is 9.32. The summed E-state index contributed by atoms with van der Waals surface area (Å²) in [6, 6.07) is 19.2. The second-order valence-electron chi connectivity index (χ2n) is 6.87. The molecule has 2 aromatic carbocycles. The Hall–Kier alpha value is -3.86. The molecule has 0 fully saturated rings. The van der Waals surface area contributed by atoms with Gasteiger partial charge in [0, 0.05) is 23.3 Å². The van der Waals surface area contributed by atoms with Crippen LogP contribution in [0.15, 0.2) is 78.2 Å². The monoisotopic (exact) mass is 380 g/mol. The van der Waals surface area contributed by atoms with Crippen molar-refractivity contribution in [2.24, 2.45) is 5.10 Å². The van der Waals surface area contributed by atoms with Crippen molar-refractivity contribution in [3.63, 3.8) is 0 Å². The van der Waals surface area contributed by atoms with E-state index in [0.29, 0.717) is 11.3 Å². The van der Waals surface area contributed by atoms with Gasteiger partial charge in [0.1, 0.15) is 0 Å². The Morgan fingerprint density at radius 3 is 2.69 bits per heavy atom. The minimum atomic E-state index is -0.283. The van der Waals surface area contributed by atoms with Crippen LogP contribution in [-0.2, 0) is 0 Å². The molecule has 0 unspecified atom stereocenters. The van der Waals surface area contributed by atoms with Gasteiger partial charge in [-0.05, 0) is 49.2 Å². The van der Waals surface area contributed by atoms with Crippen molar-refractivity contribution in [3.8, 4) is 11.3 Å². The molecule has 0 spiro atoms. The Kier molecular flexibility index (Phi) is 5.12. The Bertz CT molecular complexity index is 1220. The number of hydrogen-bond donors (Lipinski definition) is 1. The van der Waals surface area contributed by atoms with Crippen LogP contribution in [0.3, 0.4) is 0 Å². The molecule has 5 heteroatoms. The standard InChI is InChI=1S/C24H20N4O/c1-16-9-10-18(17(2)12-16)15-26-28-24(29)21-13-23(19-6-5-11-25-14-19)27-22-8-4-3-7-20(21)22/h3-15H,1-2H3,(H,28,29).